The first-order valence-corrected chi connectivity index (χ1v) is 5.46. The number of ether oxygens (including phenoxy) is 1. The lowest BCUT2D eigenvalue weighted by atomic mass is 9.96. The van der Waals surface area contributed by atoms with Gasteiger partial charge in [0.1, 0.15) is 6.61 Å². The molecule has 0 bridgehead atoms. The first-order chi connectivity index (χ1) is 7.73. The molecule has 0 heterocycles. The Balaban J connectivity index is 3.98. The largest absolute Gasteiger partial charge is 0.481 e. The molecule has 0 saturated carbocycles. The Kier molecular flexibility index (Phi) is 6.50. The zero-order chi connectivity index (χ0) is 13.5. The molecule has 0 saturated heterocycles. The summed E-state index contributed by atoms with van der Waals surface area (Å²) in [6.07, 6.45) is 2.47. The molecule has 98 valence electrons. The fourth-order valence-corrected chi connectivity index (χ4v) is 1.32. The fourth-order valence-electron chi connectivity index (χ4n) is 1.32. The molecule has 1 atom stereocenters. The van der Waals surface area contributed by atoms with Crippen LogP contribution in [0.15, 0.2) is 11.6 Å². The van der Waals surface area contributed by atoms with Crippen LogP contribution in [0.1, 0.15) is 40.0 Å². The summed E-state index contributed by atoms with van der Waals surface area (Å²) in [7, 11) is 0. The lowest BCUT2D eigenvalue weighted by molar-refractivity contribution is -0.142. The van der Waals surface area contributed by atoms with E-state index in [0.717, 1.165) is 5.57 Å². The van der Waals surface area contributed by atoms with Crippen LogP contribution in [0.4, 0.5) is 0 Å². The molecule has 0 aliphatic carbocycles. The zero-order valence-corrected chi connectivity index (χ0v) is 10.5. The Bertz CT molecular complexity index is 304. The molecule has 0 aliphatic heterocycles. The Hall–Kier alpha value is -1.36. The van der Waals surface area contributed by atoms with Crippen LogP contribution in [0.25, 0.3) is 0 Å². The molecule has 0 rings (SSSR count). The summed E-state index contributed by atoms with van der Waals surface area (Å²) in [4.78, 5) is 21.0. The lowest BCUT2D eigenvalue weighted by Gasteiger charge is -2.19. The maximum absolute atomic E-state index is 10.5. The van der Waals surface area contributed by atoms with Gasteiger partial charge in [0, 0.05) is 6.92 Å². The Morgan fingerprint density at radius 1 is 1.35 bits per heavy atom. The third kappa shape index (κ3) is 9.56. The van der Waals surface area contributed by atoms with E-state index in [2.05, 4.69) is 0 Å². The van der Waals surface area contributed by atoms with Crippen molar-refractivity contribution in [3.63, 3.8) is 0 Å². The third-order valence-corrected chi connectivity index (χ3v) is 2.21. The summed E-state index contributed by atoms with van der Waals surface area (Å²) in [6, 6.07) is 0. The van der Waals surface area contributed by atoms with Gasteiger partial charge in [0.05, 0.1) is 12.0 Å². The zero-order valence-electron chi connectivity index (χ0n) is 10.5. The molecule has 2 N–H and O–H groups in total. The minimum absolute atomic E-state index is 0.233. The molecule has 0 aromatic carbocycles. The second-order valence-corrected chi connectivity index (χ2v) is 4.44. The second-order valence-electron chi connectivity index (χ2n) is 4.44. The number of carbonyl (C=O) groups excluding carboxylic acids is 1. The molecule has 1 unspecified atom stereocenters. The molecule has 0 aromatic rings. The second kappa shape index (κ2) is 7.06. The normalized spacial score (nSPS) is 15.2. The third-order valence-electron chi connectivity index (χ3n) is 2.21. The molecule has 0 amide bonds. The quantitative estimate of drug-likeness (QED) is 0.523. The van der Waals surface area contributed by atoms with Crippen LogP contribution in [-0.2, 0) is 14.3 Å². The van der Waals surface area contributed by atoms with Crippen LogP contribution in [0.3, 0.4) is 0 Å². The van der Waals surface area contributed by atoms with E-state index in [1.165, 1.54) is 13.8 Å². The fraction of sp³-hybridized carbons (Fsp3) is 0.667. The van der Waals surface area contributed by atoms with Gasteiger partial charge in [-0.1, -0.05) is 6.08 Å². The van der Waals surface area contributed by atoms with Crippen molar-refractivity contribution in [3.05, 3.63) is 11.6 Å². The SMILES string of the molecule is CC(=O)OCC(C)=CCCC(C)(O)CC(=O)O. The summed E-state index contributed by atoms with van der Waals surface area (Å²) >= 11 is 0. The number of hydrogen-bond donors (Lipinski definition) is 2. The van der Waals surface area contributed by atoms with Gasteiger partial charge in [-0.25, -0.2) is 0 Å². The number of carboxylic acids is 1. The highest BCUT2D eigenvalue weighted by Crippen LogP contribution is 2.17. The van der Waals surface area contributed by atoms with Crippen LogP contribution >= 0.6 is 0 Å². The van der Waals surface area contributed by atoms with E-state index >= 15 is 0 Å². The van der Waals surface area contributed by atoms with Gasteiger partial charge >= 0.3 is 11.9 Å². The molecular formula is C12H20O5. The van der Waals surface area contributed by atoms with Crippen molar-refractivity contribution in [1.29, 1.82) is 0 Å². The summed E-state index contributed by atoms with van der Waals surface area (Å²) < 4.78 is 4.79. The van der Waals surface area contributed by atoms with E-state index < -0.39 is 11.6 Å². The number of hydrogen-bond acceptors (Lipinski definition) is 4. The highest BCUT2D eigenvalue weighted by Gasteiger charge is 2.22. The molecule has 0 aliphatic rings. The van der Waals surface area contributed by atoms with E-state index in [1.54, 1.807) is 0 Å². The highest BCUT2D eigenvalue weighted by molar-refractivity contribution is 5.68. The standard InChI is InChI=1S/C12H20O5/c1-9(8-17-10(2)13)5-4-6-12(3,16)7-11(14)15/h5,16H,4,6-8H2,1-3H3,(H,14,15). The maximum atomic E-state index is 10.5. The minimum Gasteiger partial charge on any atom is -0.481 e. The first kappa shape index (κ1) is 15.6. The van der Waals surface area contributed by atoms with Crippen LogP contribution in [0.5, 0.6) is 0 Å². The molecule has 0 aromatic heterocycles. The summed E-state index contributed by atoms with van der Waals surface area (Å²) in [5.74, 6) is -1.36. The van der Waals surface area contributed by atoms with Gasteiger partial charge in [-0.15, -0.1) is 0 Å². The predicted molar refractivity (Wildman–Crippen MR) is 62.5 cm³/mol. The van der Waals surface area contributed by atoms with Crippen molar-refractivity contribution in [2.24, 2.45) is 0 Å². The smallest absolute Gasteiger partial charge is 0.306 e. The van der Waals surface area contributed by atoms with E-state index in [1.807, 2.05) is 13.0 Å². The minimum atomic E-state index is -1.20. The van der Waals surface area contributed by atoms with Crippen molar-refractivity contribution < 1.29 is 24.5 Å². The van der Waals surface area contributed by atoms with Crippen LogP contribution in [-0.4, -0.2) is 34.4 Å². The first-order valence-electron chi connectivity index (χ1n) is 5.46. The van der Waals surface area contributed by atoms with E-state index in [0.29, 0.717) is 12.8 Å². The topological polar surface area (TPSA) is 83.8 Å². The summed E-state index contributed by atoms with van der Waals surface area (Å²) in [5.41, 5.74) is -0.323. The van der Waals surface area contributed by atoms with Gasteiger partial charge in [-0.05, 0) is 32.3 Å². The van der Waals surface area contributed by atoms with Gasteiger partial charge < -0.3 is 14.9 Å². The molecule has 0 fully saturated rings. The van der Waals surface area contributed by atoms with Gasteiger partial charge in [0.25, 0.3) is 0 Å². The Morgan fingerprint density at radius 2 is 1.94 bits per heavy atom. The van der Waals surface area contributed by atoms with Gasteiger partial charge in [0.2, 0.25) is 0 Å². The van der Waals surface area contributed by atoms with Crippen LogP contribution < -0.4 is 0 Å². The number of aliphatic carboxylic acids is 1. The molecule has 0 radical (unpaired) electrons. The number of allylic oxidation sites excluding steroid dienone is 1. The van der Waals surface area contributed by atoms with E-state index in [4.69, 9.17) is 9.84 Å². The summed E-state index contributed by atoms with van der Waals surface area (Å²) in [5, 5.41) is 18.3. The molecular weight excluding hydrogens is 224 g/mol. The van der Waals surface area contributed by atoms with Crippen molar-refractivity contribution in [3.8, 4) is 0 Å². The van der Waals surface area contributed by atoms with Crippen molar-refractivity contribution in [1.82, 2.24) is 0 Å². The van der Waals surface area contributed by atoms with Crippen molar-refractivity contribution in [2.45, 2.75) is 45.6 Å². The van der Waals surface area contributed by atoms with Gasteiger partial charge in [-0.2, -0.15) is 0 Å². The monoisotopic (exact) mass is 244 g/mol. The van der Waals surface area contributed by atoms with Crippen molar-refractivity contribution in [2.75, 3.05) is 6.61 Å². The van der Waals surface area contributed by atoms with E-state index in [9.17, 15) is 14.7 Å². The Labute approximate surface area is 101 Å². The molecule has 17 heavy (non-hydrogen) atoms. The Morgan fingerprint density at radius 3 is 2.41 bits per heavy atom. The number of carboxylic acid groups (broad SMARTS) is 1. The van der Waals surface area contributed by atoms with Gasteiger partial charge in [0.15, 0.2) is 0 Å². The highest BCUT2D eigenvalue weighted by atomic mass is 16.5. The van der Waals surface area contributed by atoms with E-state index in [-0.39, 0.29) is 19.0 Å². The van der Waals surface area contributed by atoms with Crippen molar-refractivity contribution >= 4 is 11.9 Å². The average Bonchev–Trinajstić information content (AvgIpc) is 2.12. The predicted octanol–water partition coefficient (Wildman–Crippen LogP) is 1.50. The molecule has 0 spiro atoms. The molecule has 5 nitrogen and oxygen atoms in total. The van der Waals surface area contributed by atoms with Gasteiger partial charge in [-0.3, -0.25) is 9.59 Å². The lowest BCUT2D eigenvalue weighted by Crippen LogP contribution is -2.27. The maximum Gasteiger partial charge on any atom is 0.306 e. The summed E-state index contributed by atoms with van der Waals surface area (Å²) in [6.45, 7) is 4.88. The average molecular weight is 244 g/mol. The van der Waals surface area contributed by atoms with Crippen LogP contribution in [0.2, 0.25) is 0 Å². The number of aliphatic hydroxyl groups is 1. The number of esters is 1. The molecule has 5 heteroatoms. The number of carbonyl (C=O) groups is 2. The number of rotatable bonds is 7. The van der Waals surface area contributed by atoms with Crippen LogP contribution in [0, 0.1) is 0 Å².